The lowest BCUT2D eigenvalue weighted by atomic mass is 10.5. The standard InChI is InChI=1S/C7H9F2N3O2/c1-14-5-6(10-2-4(8)9)11-3-12-7(5)13/h3-4H,2H2,1H3,(H2,10,11,12,13). The van der Waals surface area contributed by atoms with Crippen LogP contribution in [0.15, 0.2) is 11.1 Å². The van der Waals surface area contributed by atoms with Crippen molar-refractivity contribution in [3.63, 3.8) is 0 Å². The third-order valence-electron chi connectivity index (χ3n) is 1.44. The molecule has 5 nitrogen and oxygen atoms in total. The van der Waals surface area contributed by atoms with Crippen LogP contribution < -0.4 is 15.6 Å². The Bertz CT molecular complexity index is 353. The zero-order valence-electron chi connectivity index (χ0n) is 7.38. The molecule has 7 heteroatoms. The number of nitrogens with zero attached hydrogens (tertiary/aromatic N) is 1. The van der Waals surface area contributed by atoms with Gasteiger partial charge >= 0.3 is 0 Å². The molecule has 0 radical (unpaired) electrons. The maximum atomic E-state index is 11.8. The summed E-state index contributed by atoms with van der Waals surface area (Å²) >= 11 is 0. The number of hydrogen-bond donors (Lipinski definition) is 2. The monoisotopic (exact) mass is 205 g/mol. The van der Waals surface area contributed by atoms with E-state index in [2.05, 4.69) is 15.3 Å². The number of ether oxygens (including phenoxy) is 1. The van der Waals surface area contributed by atoms with E-state index in [-0.39, 0.29) is 11.6 Å². The zero-order chi connectivity index (χ0) is 10.6. The number of alkyl halides is 2. The van der Waals surface area contributed by atoms with E-state index in [0.717, 1.165) is 6.33 Å². The molecule has 0 aliphatic carbocycles. The van der Waals surface area contributed by atoms with Crippen molar-refractivity contribution < 1.29 is 13.5 Å². The van der Waals surface area contributed by atoms with Gasteiger partial charge in [0.25, 0.3) is 12.0 Å². The SMILES string of the molecule is COc1c(NCC(F)F)nc[nH]c1=O. The van der Waals surface area contributed by atoms with Crippen molar-refractivity contribution in [2.24, 2.45) is 0 Å². The molecule has 1 aromatic heterocycles. The molecule has 0 aliphatic rings. The third kappa shape index (κ3) is 2.41. The first-order valence-corrected chi connectivity index (χ1v) is 3.79. The lowest BCUT2D eigenvalue weighted by Crippen LogP contribution is -2.17. The minimum Gasteiger partial charge on any atom is -0.489 e. The van der Waals surface area contributed by atoms with E-state index in [9.17, 15) is 13.6 Å². The average molecular weight is 205 g/mol. The first-order valence-electron chi connectivity index (χ1n) is 3.79. The molecule has 0 aliphatic heterocycles. The Morgan fingerprint density at radius 1 is 1.71 bits per heavy atom. The molecule has 0 spiro atoms. The van der Waals surface area contributed by atoms with E-state index in [1.54, 1.807) is 0 Å². The molecular weight excluding hydrogens is 196 g/mol. The Kier molecular flexibility index (Phi) is 3.38. The average Bonchev–Trinajstić information content (AvgIpc) is 2.14. The van der Waals surface area contributed by atoms with Crippen molar-refractivity contribution in [1.29, 1.82) is 0 Å². The Labute approximate surface area is 78.1 Å². The van der Waals surface area contributed by atoms with Gasteiger partial charge in [-0.1, -0.05) is 0 Å². The predicted octanol–water partition coefficient (Wildman–Crippen LogP) is 0.455. The topological polar surface area (TPSA) is 67.0 Å². The highest BCUT2D eigenvalue weighted by molar-refractivity contribution is 5.47. The van der Waals surface area contributed by atoms with Crippen molar-refractivity contribution in [2.45, 2.75) is 6.43 Å². The highest BCUT2D eigenvalue weighted by atomic mass is 19.3. The van der Waals surface area contributed by atoms with Crippen LogP contribution in [0.3, 0.4) is 0 Å². The number of anilines is 1. The van der Waals surface area contributed by atoms with E-state index in [1.165, 1.54) is 7.11 Å². The fourth-order valence-corrected chi connectivity index (χ4v) is 0.876. The molecule has 0 saturated heterocycles. The van der Waals surface area contributed by atoms with Gasteiger partial charge in [0.2, 0.25) is 5.75 Å². The summed E-state index contributed by atoms with van der Waals surface area (Å²) in [6.45, 7) is -0.577. The first-order chi connectivity index (χ1) is 6.65. The van der Waals surface area contributed by atoms with Gasteiger partial charge in [-0.05, 0) is 0 Å². The number of halogens is 2. The lowest BCUT2D eigenvalue weighted by molar-refractivity contribution is 0.163. The van der Waals surface area contributed by atoms with Crippen molar-refractivity contribution in [3.05, 3.63) is 16.7 Å². The second kappa shape index (κ2) is 4.54. The quantitative estimate of drug-likeness (QED) is 0.749. The van der Waals surface area contributed by atoms with Crippen LogP contribution >= 0.6 is 0 Å². The number of nitrogens with one attached hydrogen (secondary N) is 2. The molecule has 78 valence electrons. The Balaban J connectivity index is 2.85. The molecule has 2 N–H and O–H groups in total. The Hall–Kier alpha value is -1.66. The van der Waals surface area contributed by atoms with Crippen molar-refractivity contribution in [3.8, 4) is 5.75 Å². The van der Waals surface area contributed by atoms with E-state index >= 15 is 0 Å². The molecular formula is C7H9F2N3O2. The molecule has 0 saturated carbocycles. The number of aromatic amines is 1. The molecule has 14 heavy (non-hydrogen) atoms. The first kappa shape index (κ1) is 10.4. The summed E-state index contributed by atoms with van der Waals surface area (Å²) in [6, 6.07) is 0. The third-order valence-corrected chi connectivity index (χ3v) is 1.44. The van der Waals surface area contributed by atoms with E-state index in [0.29, 0.717) is 0 Å². The number of H-pyrrole nitrogens is 1. The van der Waals surface area contributed by atoms with E-state index < -0.39 is 18.5 Å². The number of methoxy groups -OCH3 is 1. The van der Waals surface area contributed by atoms with Crippen LogP contribution in [0.2, 0.25) is 0 Å². The van der Waals surface area contributed by atoms with Gasteiger partial charge in [-0.3, -0.25) is 4.79 Å². The smallest absolute Gasteiger partial charge is 0.295 e. The normalized spacial score (nSPS) is 10.3. The summed E-state index contributed by atoms with van der Waals surface area (Å²) in [5.41, 5.74) is -0.515. The van der Waals surface area contributed by atoms with Crippen molar-refractivity contribution >= 4 is 5.82 Å². The van der Waals surface area contributed by atoms with Gasteiger partial charge in [0, 0.05) is 0 Å². The van der Waals surface area contributed by atoms with Gasteiger partial charge in [-0.25, -0.2) is 13.8 Å². The number of hydrogen-bond acceptors (Lipinski definition) is 4. The maximum Gasteiger partial charge on any atom is 0.295 e. The van der Waals surface area contributed by atoms with Crippen LogP contribution in [-0.4, -0.2) is 30.0 Å². The summed E-state index contributed by atoms with van der Waals surface area (Å²) in [6.07, 6.45) is -1.40. The number of rotatable bonds is 4. The molecule has 0 bridgehead atoms. The molecule has 0 unspecified atom stereocenters. The second-order valence-electron chi connectivity index (χ2n) is 2.39. The summed E-state index contributed by atoms with van der Waals surface area (Å²) < 4.78 is 28.4. The molecule has 0 amide bonds. The summed E-state index contributed by atoms with van der Waals surface area (Å²) in [4.78, 5) is 17.0. The van der Waals surface area contributed by atoms with Crippen LogP contribution in [0.1, 0.15) is 0 Å². The van der Waals surface area contributed by atoms with E-state index in [1.807, 2.05) is 0 Å². The highest BCUT2D eigenvalue weighted by Gasteiger charge is 2.10. The minimum atomic E-state index is -2.51. The van der Waals surface area contributed by atoms with Crippen LogP contribution in [0.25, 0.3) is 0 Å². The van der Waals surface area contributed by atoms with Gasteiger partial charge in [-0.15, -0.1) is 0 Å². The van der Waals surface area contributed by atoms with Gasteiger partial charge < -0.3 is 15.0 Å². The fourth-order valence-electron chi connectivity index (χ4n) is 0.876. The Morgan fingerprint density at radius 2 is 2.43 bits per heavy atom. The van der Waals surface area contributed by atoms with Crippen LogP contribution in [0, 0.1) is 0 Å². The maximum absolute atomic E-state index is 11.8. The molecule has 1 heterocycles. The lowest BCUT2D eigenvalue weighted by Gasteiger charge is -2.07. The number of aromatic nitrogens is 2. The minimum absolute atomic E-state index is 0.0107. The second-order valence-corrected chi connectivity index (χ2v) is 2.39. The predicted molar refractivity (Wildman–Crippen MR) is 45.9 cm³/mol. The highest BCUT2D eigenvalue weighted by Crippen LogP contribution is 2.14. The van der Waals surface area contributed by atoms with Gasteiger partial charge in [0.05, 0.1) is 20.0 Å². The van der Waals surface area contributed by atoms with Crippen LogP contribution in [0.4, 0.5) is 14.6 Å². The van der Waals surface area contributed by atoms with Crippen molar-refractivity contribution in [1.82, 2.24) is 9.97 Å². The summed E-state index contributed by atoms with van der Waals surface area (Å²) in [7, 11) is 1.26. The molecule has 1 aromatic rings. The summed E-state index contributed by atoms with van der Waals surface area (Å²) in [5, 5.41) is 2.30. The zero-order valence-corrected chi connectivity index (χ0v) is 7.38. The Morgan fingerprint density at radius 3 is 3.00 bits per heavy atom. The largest absolute Gasteiger partial charge is 0.489 e. The molecule has 0 atom stereocenters. The molecule has 0 aromatic carbocycles. The van der Waals surface area contributed by atoms with Gasteiger partial charge in [0.15, 0.2) is 5.82 Å². The van der Waals surface area contributed by atoms with Crippen molar-refractivity contribution in [2.75, 3.05) is 19.0 Å². The fraction of sp³-hybridized carbons (Fsp3) is 0.429. The van der Waals surface area contributed by atoms with E-state index in [4.69, 9.17) is 4.74 Å². The van der Waals surface area contributed by atoms with Gasteiger partial charge in [0.1, 0.15) is 0 Å². The van der Waals surface area contributed by atoms with Crippen LogP contribution in [-0.2, 0) is 0 Å². The van der Waals surface area contributed by atoms with Gasteiger partial charge in [-0.2, -0.15) is 0 Å². The molecule has 1 rings (SSSR count). The van der Waals surface area contributed by atoms with Crippen LogP contribution in [0.5, 0.6) is 5.75 Å². The summed E-state index contributed by atoms with van der Waals surface area (Å²) in [5.74, 6) is -0.0929. The molecule has 0 fully saturated rings.